The molecular formula is C20H28N4. The Hall–Kier alpha value is -1.94. The molecule has 1 aliphatic heterocycles. The van der Waals surface area contributed by atoms with E-state index in [1.54, 1.807) is 6.33 Å². The summed E-state index contributed by atoms with van der Waals surface area (Å²) in [5.41, 5.74) is 3.76. The van der Waals surface area contributed by atoms with Crippen LogP contribution in [0.15, 0.2) is 36.7 Å². The molecule has 0 spiro atoms. The first-order valence-electron chi connectivity index (χ1n) is 9.03. The highest BCUT2D eigenvalue weighted by Crippen LogP contribution is 2.19. The van der Waals surface area contributed by atoms with Crippen molar-refractivity contribution in [2.45, 2.75) is 33.1 Å². The molecule has 3 rings (SSSR count). The lowest BCUT2D eigenvalue weighted by atomic mass is 10.1. The van der Waals surface area contributed by atoms with E-state index in [0.717, 1.165) is 37.7 Å². The zero-order chi connectivity index (χ0) is 16.8. The minimum Gasteiger partial charge on any atom is -0.354 e. The van der Waals surface area contributed by atoms with Crippen molar-refractivity contribution in [1.82, 2.24) is 14.9 Å². The molecule has 1 fully saturated rings. The van der Waals surface area contributed by atoms with Gasteiger partial charge in [-0.2, -0.15) is 0 Å². The van der Waals surface area contributed by atoms with Gasteiger partial charge in [0.15, 0.2) is 0 Å². The van der Waals surface area contributed by atoms with Crippen LogP contribution in [0.5, 0.6) is 0 Å². The van der Waals surface area contributed by atoms with Crippen LogP contribution in [0.3, 0.4) is 0 Å². The number of piperazine rings is 1. The van der Waals surface area contributed by atoms with Gasteiger partial charge in [0.2, 0.25) is 0 Å². The summed E-state index contributed by atoms with van der Waals surface area (Å²) in [4.78, 5) is 13.8. The lowest BCUT2D eigenvalue weighted by Crippen LogP contribution is -2.47. The van der Waals surface area contributed by atoms with Crippen molar-refractivity contribution in [3.8, 4) is 0 Å². The third-order valence-corrected chi connectivity index (χ3v) is 5.01. The Morgan fingerprint density at radius 1 is 0.917 bits per heavy atom. The Morgan fingerprint density at radius 3 is 2.42 bits per heavy atom. The predicted octanol–water partition coefficient (Wildman–Crippen LogP) is 3.24. The number of benzene rings is 1. The number of aromatic nitrogens is 2. The molecule has 4 nitrogen and oxygen atoms in total. The van der Waals surface area contributed by atoms with Crippen molar-refractivity contribution in [3.05, 3.63) is 53.5 Å². The highest BCUT2D eigenvalue weighted by atomic mass is 15.3. The van der Waals surface area contributed by atoms with Crippen LogP contribution in [0, 0.1) is 13.8 Å². The van der Waals surface area contributed by atoms with Crippen molar-refractivity contribution in [1.29, 1.82) is 0 Å². The van der Waals surface area contributed by atoms with Crippen LogP contribution in [-0.2, 0) is 6.42 Å². The molecule has 0 saturated carbocycles. The SMILES string of the molecule is Cc1ncnc(N2CCN(CCCCc3ccccc3)CC2)c1C. The van der Waals surface area contributed by atoms with Crippen molar-refractivity contribution in [2.75, 3.05) is 37.6 Å². The molecule has 0 radical (unpaired) electrons. The van der Waals surface area contributed by atoms with Crippen LogP contribution in [0.25, 0.3) is 0 Å². The van der Waals surface area contributed by atoms with Gasteiger partial charge in [-0.15, -0.1) is 0 Å². The molecule has 1 aliphatic rings. The molecule has 2 heterocycles. The van der Waals surface area contributed by atoms with E-state index in [4.69, 9.17) is 0 Å². The van der Waals surface area contributed by atoms with Gasteiger partial charge in [0.05, 0.1) is 0 Å². The Morgan fingerprint density at radius 2 is 1.67 bits per heavy atom. The van der Waals surface area contributed by atoms with Gasteiger partial charge in [0.25, 0.3) is 0 Å². The number of hydrogen-bond acceptors (Lipinski definition) is 4. The summed E-state index contributed by atoms with van der Waals surface area (Å²) >= 11 is 0. The van der Waals surface area contributed by atoms with Gasteiger partial charge >= 0.3 is 0 Å². The largest absolute Gasteiger partial charge is 0.354 e. The highest BCUT2D eigenvalue weighted by Gasteiger charge is 2.19. The van der Waals surface area contributed by atoms with Gasteiger partial charge in [0.1, 0.15) is 12.1 Å². The van der Waals surface area contributed by atoms with E-state index >= 15 is 0 Å². The van der Waals surface area contributed by atoms with E-state index in [1.807, 2.05) is 0 Å². The topological polar surface area (TPSA) is 32.3 Å². The van der Waals surface area contributed by atoms with E-state index in [-0.39, 0.29) is 0 Å². The molecule has 4 heteroatoms. The molecule has 2 aromatic rings. The fraction of sp³-hybridized carbons (Fsp3) is 0.500. The third-order valence-electron chi connectivity index (χ3n) is 5.01. The Bertz CT molecular complexity index is 633. The minimum absolute atomic E-state index is 1.07. The first kappa shape index (κ1) is 16.9. The average molecular weight is 324 g/mol. The molecule has 1 aromatic heterocycles. The molecule has 0 N–H and O–H groups in total. The number of anilines is 1. The molecule has 1 saturated heterocycles. The molecule has 128 valence electrons. The molecule has 0 amide bonds. The second-order valence-corrected chi connectivity index (χ2v) is 6.68. The van der Waals surface area contributed by atoms with Gasteiger partial charge in [-0.25, -0.2) is 9.97 Å². The van der Waals surface area contributed by atoms with Crippen LogP contribution < -0.4 is 4.90 Å². The molecule has 0 atom stereocenters. The quantitative estimate of drug-likeness (QED) is 0.764. The first-order valence-corrected chi connectivity index (χ1v) is 9.03. The lowest BCUT2D eigenvalue weighted by Gasteiger charge is -2.36. The van der Waals surface area contributed by atoms with Crippen molar-refractivity contribution < 1.29 is 0 Å². The van der Waals surface area contributed by atoms with Crippen molar-refractivity contribution >= 4 is 5.82 Å². The summed E-state index contributed by atoms with van der Waals surface area (Å²) in [6.45, 7) is 9.79. The minimum atomic E-state index is 1.07. The summed E-state index contributed by atoms with van der Waals surface area (Å²) in [5, 5.41) is 0. The third kappa shape index (κ3) is 4.32. The van der Waals surface area contributed by atoms with Gasteiger partial charge in [0, 0.05) is 37.4 Å². The molecular weight excluding hydrogens is 296 g/mol. The highest BCUT2D eigenvalue weighted by molar-refractivity contribution is 5.47. The summed E-state index contributed by atoms with van der Waals surface area (Å²) in [7, 11) is 0. The zero-order valence-corrected chi connectivity index (χ0v) is 14.9. The number of unbranched alkanes of at least 4 members (excludes halogenated alkanes) is 1. The number of aryl methyl sites for hydroxylation is 2. The summed E-state index contributed by atoms with van der Waals surface area (Å²) < 4.78 is 0. The predicted molar refractivity (Wildman–Crippen MR) is 99.5 cm³/mol. The van der Waals surface area contributed by atoms with Gasteiger partial charge in [-0.1, -0.05) is 30.3 Å². The van der Waals surface area contributed by atoms with Crippen molar-refractivity contribution in [2.24, 2.45) is 0 Å². The summed E-state index contributed by atoms with van der Waals surface area (Å²) in [6.07, 6.45) is 5.43. The Labute approximate surface area is 145 Å². The number of rotatable bonds is 6. The monoisotopic (exact) mass is 324 g/mol. The van der Waals surface area contributed by atoms with E-state index in [1.165, 1.54) is 36.9 Å². The molecule has 0 aliphatic carbocycles. The zero-order valence-electron chi connectivity index (χ0n) is 14.9. The first-order chi connectivity index (χ1) is 11.7. The fourth-order valence-corrected chi connectivity index (χ4v) is 3.34. The second kappa shape index (κ2) is 8.25. The second-order valence-electron chi connectivity index (χ2n) is 6.68. The maximum absolute atomic E-state index is 4.49. The maximum atomic E-state index is 4.49. The van der Waals surface area contributed by atoms with E-state index in [9.17, 15) is 0 Å². The molecule has 0 unspecified atom stereocenters. The van der Waals surface area contributed by atoms with Crippen LogP contribution in [-0.4, -0.2) is 47.6 Å². The van der Waals surface area contributed by atoms with Crippen molar-refractivity contribution in [3.63, 3.8) is 0 Å². The normalized spacial score (nSPS) is 15.7. The van der Waals surface area contributed by atoms with Crippen LogP contribution in [0.4, 0.5) is 5.82 Å². The summed E-state index contributed by atoms with van der Waals surface area (Å²) in [6, 6.07) is 10.8. The van der Waals surface area contributed by atoms with E-state index < -0.39 is 0 Å². The average Bonchev–Trinajstić information content (AvgIpc) is 2.63. The van der Waals surface area contributed by atoms with Crippen LogP contribution >= 0.6 is 0 Å². The number of hydrogen-bond donors (Lipinski definition) is 0. The Balaban J connectivity index is 1.40. The molecule has 0 bridgehead atoms. The van der Waals surface area contributed by atoms with E-state index in [2.05, 4.69) is 63.9 Å². The molecule has 1 aromatic carbocycles. The van der Waals surface area contributed by atoms with Crippen LogP contribution in [0.1, 0.15) is 29.7 Å². The van der Waals surface area contributed by atoms with E-state index in [0.29, 0.717) is 0 Å². The number of nitrogens with zero attached hydrogens (tertiary/aromatic N) is 4. The fourth-order valence-electron chi connectivity index (χ4n) is 3.34. The van der Waals surface area contributed by atoms with Crippen LogP contribution in [0.2, 0.25) is 0 Å². The Kier molecular flexibility index (Phi) is 5.81. The smallest absolute Gasteiger partial charge is 0.135 e. The van der Waals surface area contributed by atoms with Gasteiger partial charge in [-0.3, -0.25) is 4.90 Å². The summed E-state index contributed by atoms with van der Waals surface area (Å²) in [5.74, 6) is 1.12. The van der Waals surface area contributed by atoms with Gasteiger partial charge < -0.3 is 4.90 Å². The standard InChI is InChI=1S/C20H28N4/c1-17-18(2)21-16-22-20(17)24-14-12-23(13-15-24)11-7-6-10-19-8-4-3-5-9-19/h3-5,8-9,16H,6-7,10-15H2,1-2H3. The van der Waals surface area contributed by atoms with Gasteiger partial charge in [-0.05, 0) is 45.2 Å². The molecule has 24 heavy (non-hydrogen) atoms. The lowest BCUT2D eigenvalue weighted by molar-refractivity contribution is 0.252. The maximum Gasteiger partial charge on any atom is 0.135 e.